The van der Waals surface area contributed by atoms with Gasteiger partial charge in [0.15, 0.2) is 0 Å². The predicted octanol–water partition coefficient (Wildman–Crippen LogP) is 3.58. The summed E-state index contributed by atoms with van der Waals surface area (Å²) in [5.41, 5.74) is 2.56. The average molecular weight is 402 g/mol. The lowest BCUT2D eigenvalue weighted by Gasteiger charge is -2.12. The van der Waals surface area contributed by atoms with Crippen molar-refractivity contribution in [2.24, 2.45) is 0 Å². The molecule has 0 saturated carbocycles. The molecular formula is C23H22N4O3. The number of nitrogens with one attached hydrogen (secondary N) is 1. The molecule has 0 bridgehead atoms. The van der Waals surface area contributed by atoms with Crippen molar-refractivity contribution in [1.82, 2.24) is 14.7 Å². The monoisotopic (exact) mass is 402 g/mol. The number of fused-ring (bicyclic) bond motifs is 1. The normalized spacial score (nSPS) is 12.9. The highest BCUT2D eigenvalue weighted by Crippen LogP contribution is 2.25. The highest BCUT2D eigenvalue weighted by atomic mass is 16.2. The topological polar surface area (TPSA) is 84.3 Å². The van der Waals surface area contributed by atoms with Crippen LogP contribution >= 0.6 is 0 Å². The molecule has 0 fully saturated rings. The fourth-order valence-corrected chi connectivity index (χ4v) is 3.49. The number of benzene rings is 2. The molecule has 1 aliphatic rings. The molecule has 0 radical (unpaired) electrons. The minimum Gasteiger partial charge on any atom is -0.322 e. The zero-order valence-corrected chi connectivity index (χ0v) is 16.7. The van der Waals surface area contributed by atoms with Crippen LogP contribution in [0.4, 0.5) is 5.69 Å². The van der Waals surface area contributed by atoms with Crippen molar-refractivity contribution in [1.29, 1.82) is 0 Å². The van der Waals surface area contributed by atoms with Gasteiger partial charge in [-0.15, -0.1) is 0 Å². The highest BCUT2D eigenvalue weighted by Gasteiger charge is 2.35. The van der Waals surface area contributed by atoms with E-state index in [9.17, 15) is 14.4 Å². The van der Waals surface area contributed by atoms with E-state index >= 15 is 0 Å². The minimum absolute atomic E-state index is 0.286. The molecule has 152 valence electrons. The first-order valence-corrected chi connectivity index (χ1v) is 9.95. The maximum atomic E-state index is 12.9. The first-order chi connectivity index (χ1) is 14.6. The Hall–Kier alpha value is -3.74. The molecule has 1 aliphatic heterocycles. The molecule has 0 unspecified atom stereocenters. The van der Waals surface area contributed by atoms with E-state index in [1.165, 1.54) is 11.0 Å². The summed E-state index contributed by atoms with van der Waals surface area (Å²) in [6, 6.07) is 14.0. The van der Waals surface area contributed by atoms with E-state index in [4.69, 9.17) is 0 Å². The summed E-state index contributed by atoms with van der Waals surface area (Å²) in [4.78, 5) is 39.2. The summed E-state index contributed by atoms with van der Waals surface area (Å²) in [6.45, 7) is 2.92. The van der Waals surface area contributed by atoms with Crippen molar-refractivity contribution in [3.05, 3.63) is 83.2 Å². The number of hydrogen-bond acceptors (Lipinski definition) is 4. The second kappa shape index (κ2) is 8.32. The SMILES string of the molecule is CCCCN1C(=O)c2ccc(C(=O)Nc3ccccc3Cn3cccn3)cc2C1=O. The number of anilines is 1. The number of carbonyl (C=O) groups excluding carboxylic acids is 3. The van der Waals surface area contributed by atoms with Gasteiger partial charge in [0.25, 0.3) is 17.7 Å². The van der Waals surface area contributed by atoms with Gasteiger partial charge in [-0.3, -0.25) is 24.0 Å². The van der Waals surface area contributed by atoms with Crippen LogP contribution in [-0.4, -0.2) is 38.9 Å². The Kier molecular flexibility index (Phi) is 5.43. The molecule has 0 spiro atoms. The molecule has 7 nitrogen and oxygen atoms in total. The summed E-state index contributed by atoms with van der Waals surface area (Å²) >= 11 is 0. The van der Waals surface area contributed by atoms with E-state index in [0.29, 0.717) is 29.9 Å². The van der Waals surface area contributed by atoms with Gasteiger partial charge in [-0.05, 0) is 42.3 Å². The van der Waals surface area contributed by atoms with Gasteiger partial charge >= 0.3 is 0 Å². The number of unbranched alkanes of at least 4 members (excludes halogenated alkanes) is 1. The number of para-hydroxylation sites is 1. The van der Waals surface area contributed by atoms with Gasteiger partial charge in [0, 0.05) is 30.2 Å². The molecule has 7 heteroatoms. The lowest BCUT2D eigenvalue weighted by Crippen LogP contribution is -2.30. The Labute approximate surface area is 174 Å². The maximum absolute atomic E-state index is 12.9. The lowest BCUT2D eigenvalue weighted by molar-refractivity contribution is 0.0652. The third-order valence-electron chi connectivity index (χ3n) is 5.13. The van der Waals surface area contributed by atoms with Crippen molar-refractivity contribution < 1.29 is 14.4 Å². The largest absolute Gasteiger partial charge is 0.322 e. The van der Waals surface area contributed by atoms with Crippen LogP contribution in [0.5, 0.6) is 0 Å². The Balaban J connectivity index is 1.55. The number of aromatic nitrogens is 2. The number of hydrogen-bond donors (Lipinski definition) is 1. The van der Waals surface area contributed by atoms with E-state index in [0.717, 1.165) is 18.4 Å². The molecule has 0 aliphatic carbocycles. The van der Waals surface area contributed by atoms with E-state index in [1.807, 2.05) is 43.5 Å². The second-order valence-corrected chi connectivity index (χ2v) is 7.19. The van der Waals surface area contributed by atoms with Gasteiger partial charge in [-0.25, -0.2) is 0 Å². The fourth-order valence-electron chi connectivity index (χ4n) is 3.49. The molecule has 3 amide bonds. The molecule has 2 heterocycles. The molecule has 0 saturated heterocycles. The van der Waals surface area contributed by atoms with Gasteiger partial charge in [0.2, 0.25) is 0 Å². The van der Waals surface area contributed by atoms with Crippen LogP contribution in [0.1, 0.15) is 56.4 Å². The van der Waals surface area contributed by atoms with Crippen molar-refractivity contribution in [2.45, 2.75) is 26.3 Å². The molecule has 1 N–H and O–H groups in total. The Morgan fingerprint density at radius 3 is 2.60 bits per heavy atom. The zero-order chi connectivity index (χ0) is 21.1. The van der Waals surface area contributed by atoms with Crippen molar-refractivity contribution in [3.63, 3.8) is 0 Å². The van der Waals surface area contributed by atoms with Crippen LogP contribution in [0.2, 0.25) is 0 Å². The van der Waals surface area contributed by atoms with E-state index in [2.05, 4.69) is 10.4 Å². The smallest absolute Gasteiger partial charge is 0.261 e. The fraction of sp³-hybridized carbons (Fsp3) is 0.217. The summed E-state index contributed by atoms with van der Waals surface area (Å²) in [7, 11) is 0. The van der Waals surface area contributed by atoms with Gasteiger partial charge in [0.1, 0.15) is 0 Å². The number of imide groups is 1. The standard InChI is InChI=1S/C23H22N4O3/c1-2-3-13-27-22(29)18-10-9-16(14-19(18)23(27)30)21(28)25-20-8-5-4-7-17(20)15-26-12-6-11-24-26/h4-12,14H,2-3,13,15H2,1H3,(H,25,28). The second-order valence-electron chi connectivity index (χ2n) is 7.19. The van der Waals surface area contributed by atoms with E-state index in [1.54, 1.807) is 23.0 Å². The van der Waals surface area contributed by atoms with Gasteiger partial charge in [0.05, 0.1) is 17.7 Å². The van der Waals surface area contributed by atoms with Gasteiger partial charge < -0.3 is 5.32 Å². The number of amides is 3. The zero-order valence-electron chi connectivity index (χ0n) is 16.7. The van der Waals surface area contributed by atoms with E-state index in [-0.39, 0.29) is 23.3 Å². The quantitative estimate of drug-likeness (QED) is 0.612. The van der Waals surface area contributed by atoms with Crippen LogP contribution in [0, 0.1) is 0 Å². The predicted molar refractivity (Wildman–Crippen MR) is 112 cm³/mol. The molecule has 1 aromatic heterocycles. The Morgan fingerprint density at radius 1 is 1.03 bits per heavy atom. The average Bonchev–Trinajstić information content (AvgIpc) is 3.35. The molecule has 3 aromatic rings. The lowest BCUT2D eigenvalue weighted by atomic mass is 10.0. The van der Waals surface area contributed by atoms with Crippen LogP contribution < -0.4 is 5.32 Å². The first kappa shape index (κ1) is 19.6. The molecule has 0 atom stereocenters. The van der Waals surface area contributed by atoms with Crippen LogP contribution in [-0.2, 0) is 6.54 Å². The molecule has 30 heavy (non-hydrogen) atoms. The Bertz CT molecular complexity index is 1110. The summed E-state index contributed by atoms with van der Waals surface area (Å²) < 4.78 is 1.77. The molecule has 4 rings (SSSR count). The summed E-state index contributed by atoms with van der Waals surface area (Å²) in [5.74, 6) is -0.963. The summed E-state index contributed by atoms with van der Waals surface area (Å²) in [6.07, 6.45) is 5.20. The Morgan fingerprint density at radius 2 is 1.83 bits per heavy atom. The number of carbonyl (C=O) groups is 3. The first-order valence-electron chi connectivity index (χ1n) is 9.95. The minimum atomic E-state index is -0.336. The maximum Gasteiger partial charge on any atom is 0.261 e. The van der Waals surface area contributed by atoms with Crippen LogP contribution in [0.3, 0.4) is 0 Å². The van der Waals surface area contributed by atoms with Crippen molar-refractivity contribution in [3.8, 4) is 0 Å². The highest BCUT2D eigenvalue weighted by molar-refractivity contribution is 6.22. The number of nitrogens with zero attached hydrogens (tertiary/aromatic N) is 3. The van der Waals surface area contributed by atoms with Gasteiger partial charge in [-0.2, -0.15) is 5.10 Å². The third-order valence-corrected chi connectivity index (χ3v) is 5.13. The third kappa shape index (κ3) is 3.74. The van der Waals surface area contributed by atoms with Crippen LogP contribution in [0.15, 0.2) is 60.9 Å². The van der Waals surface area contributed by atoms with Gasteiger partial charge in [-0.1, -0.05) is 31.5 Å². The summed E-state index contributed by atoms with van der Waals surface area (Å²) in [5, 5.41) is 7.11. The molecular weight excluding hydrogens is 380 g/mol. The number of rotatable bonds is 7. The van der Waals surface area contributed by atoms with Crippen molar-refractivity contribution in [2.75, 3.05) is 11.9 Å². The van der Waals surface area contributed by atoms with Crippen LogP contribution in [0.25, 0.3) is 0 Å². The van der Waals surface area contributed by atoms with Crippen molar-refractivity contribution >= 4 is 23.4 Å². The molecule has 2 aromatic carbocycles. The van der Waals surface area contributed by atoms with E-state index < -0.39 is 0 Å².